The van der Waals surface area contributed by atoms with Gasteiger partial charge in [-0.2, -0.15) is 0 Å². The molecule has 4 fully saturated rings. The van der Waals surface area contributed by atoms with Gasteiger partial charge < -0.3 is 88.9 Å². The van der Waals surface area contributed by atoms with Gasteiger partial charge in [-0.15, -0.1) is 0 Å². The summed E-state index contributed by atoms with van der Waals surface area (Å²) in [5, 5.41) is 39.5. The maximum absolute atomic E-state index is 10.0. The summed E-state index contributed by atoms with van der Waals surface area (Å²) in [5.41, 5.74) is 15.0. The number of hydrogen-bond acceptors (Lipinski definition) is 22. The molecule has 4 saturated heterocycles. The molecule has 0 amide bonds. The summed E-state index contributed by atoms with van der Waals surface area (Å²) in [6.07, 6.45) is 7.31. The number of rotatable bonds is 6. The number of nitrogens with two attached hydrogens (primary N) is 2. The van der Waals surface area contributed by atoms with Gasteiger partial charge >= 0.3 is 7.12 Å². The molecule has 8 N–H and O–H groups in total. The number of para-hydroxylation sites is 2. The zero-order valence-electron chi connectivity index (χ0n) is 46.3. The van der Waals surface area contributed by atoms with Gasteiger partial charge in [-0.05, 0) is 67.6 Å². The first-order valence-electron chi connectivity index (χ1n) is 27.2. The molecule has 0 aliphatic carbocycles. The standard InChI is InChI=1S/C21H24Cl2N4O4.C14H21BrN4O2.C7H5BCl2O4.C7H4Cl2O2.C7H6O2/c1-11-19(24)21(9-29-11)2-4-27(5-3-21)20-14(8-28)26-13(7-25-20)16-17(23)12(22)6-15-18(16)31-10-30-15;1-9-12(16)14(8-21-9)2-4-19(5-3-14)13-10(7-20)18-11(15)6-17-13;9-3-1-4-7(14-2-13-4)5(6(3)10)8(11)12;8-4-1-6-7(2-5(4)9)11-3-10-6;1-2-4-7-6(3-1)8-5-9-7/h6-7,11,19,28H,2-5,8-10,24H2,1H3;6,9,12,20H,2-5,7-8,16H2,1H3;1,11-12H,2H2;1-2H,3H2;1-4H,5H2/t11-,19+;9-,12+;;;/m00.../s1. The van der Waals surface area contributed by atoms with Crippen LogP contribution in [0, 0.1) is 10.8 Å². The highest BCUT2D eigenvalue weighted by atomic mass is 79.9. The van der Waals surface area contributed by atoms with Crippen LogP contribution in [0.3, 0.4) is 0 Å². The smallest absolute Gasteiger partial charge is 0.454 e. The minimum absolute atomic E-state index is 0.00880. The molecular formula is C56H60BBrCl6N8O14. The van der Waals surface area contributed by atoms with Crippen LogP contribution in [0.2, 0.25) is 30.1 Å². The average Bonchev–Trinajstić information content (AvgIpc) is 3.61. The second kappa shape index (κ2) is 27.8. The van der Waals surface area contributed by atoms with Crippen molar-refractivity contribution in [3.63, 3.8) is 0 Å². The van der Waals surface area contributed by atoms with E-state index in [9.17, 15) is 10.2 Å². The summed E-state index contributed by atoms with van der Waals surface area (Å²) in [7, 11) is -1.74. The van der Waals surface area contributed by atoms with E-state index in [2.05, 4.69) is 52.6 Å². The molecule has 6 aromatic rings. The fourth-order valence-corrected chi connectivity index (χ4v) is 12.6. The van der Waals surface area contributed by atoms with E-state index in [1.807, 2.05) is 31.2 Å². The lowest BCUT2D eigenvalue weighted by Crippen LogP contribution is -2.51. The summed E-state index contributed by atoms with van der Waals surface area (Å²) >= 11 is 39.0. The van der Waals surface area contributed by atoms with E-state index < -0.39 is 7.12 Å². The number of anilines is 2. The molecule has 86 heavy (non-hydrogen) atoms. The lowest BCUT2D eigenvalue weighted by molar-refractivity contribution is 0.0973. The molecule has 30 heteroatoms. The number of ether oxygens (including phenoxy) is 10. The lowest BCUT2D eigenvalue weighted by Gasteiger charge is -2.41. The Labute approximate surface area is 533 Å². The number of hydrogen-bond donors (Lipinski definition) is 6. The average molecular weight is 1370 g/mol. The van der Waals surface area contributed by atoms with Crippen molar-refractivity contribution in [1.82, 2.24) is 19.9 Å². The second-order valence-electron chi connectivity index (χ2n) is 21.0. The molecule has 10 heterocycles. The van der Waals surface area contributed by atoms with Crippen LogP contribution in [-0.2, 0) is 22.7 Å². The van der Waals surface area contributed by atoms with Gasteiger partial charge in [0.2, 0.25) is 27.2 Å². The number of aliphatic hydroxyl groups excluding tert-OH is 2. The lowest BCUT2D eigenvalue weighted by atomic mass is 9.73. The van der Waals surface area contributed by atoms with Gasteiger partial charge in [0, 0.05) is 78.8 Å². The molecule has 8 aliphatic rings. The Morgan fingerprint density at radius 1 is 0.570 bits per heavy atom. The Bertz CT molecular complexity index is 3360. The molecule has 22 nitrogen and oxygen atoms in total. The molecule has 4 aromatic carbocycles. The van der Waals surface area contributed by atoms with Crippen molar-refractivity contribution in [3.8, 4) is 57.3 Å². The Morgan fingerprint density at radius 2 is 0.988 bits per heavy atom. The van der Waals surface area contributed by atoms with Gasteiger partial charge in [-0.3, -0.25) is 0 Å². The van der Waals surface area contributed by atoms with Crippen LogP contribution >= 0.6 is 85.5 Å². The van der Waals surface area contributed by atoms with Gasteiger partial charge in [-0.25, -0.2) is 19.9 Å². The topological polar surface area (TPSA) is 283 Å². The maximum Gasteiger partial charge on any atom is 0.494 e. The fraction of sp³-hybridized carbons (Fsp3) is 0.429. The number of fused-ring (bicyclic) bond motifs is 4. The molecule has 2 spiro atoms. The van der Waals surface area contributed by atoms with Crippen molar-refractivity contribution in [2.24, 2.45) is 22.3 Å². The number of aliphatic hydroxyl groups is 2. The molecule has 14 rings (SSSR count). The number of benzene rings is 4. The monoisotopic (exact) mass is 1370 g/mol. The SMILES string of the molecule is C[C@@H]1OCC2(CCN(c3ncc(-c4c(Cl)c(Cl)cc5c4OCO5)nc3CO)CC2)[C@@H]1N.C[C@@H]1OCC2(CCN(c3ncc(Br)nc3CO)CC2)[C@@H]1N.Clc1cc2c(cc1Cl)OCO2.OB(O)c1c(Cl)c(Cl)cc2c1OCO2.c1ccc2c(c1)OCO2. The van der Waals surface area contributed by atoms with Crippen LogP contribution in [0.1, 0.15) is 50.9 Å². The summed E-state index contributed by atoms with van der Waals surface area (Å²) < 4.78 is 53.6. The van der Waals surface area contributed by atoms with Crippen LogP contribution in [-0.4, -0.2) is 138 Å². The van der Waals surface area contributed by atoms with Gasteiger partial charge in [0.1, 0.15) is 16.0 Å². The molecular weight excluding hydrogens is 1310 g/mol. The van der Waals surface area contributed by atoms with Crippen molar-refractivity contribution in [1.29, 1.82) is 0 Å². The van der Waals surface area contributed by atoms with Crippen LogP contribution in [0.4, 0.5) is 11.6 Å². The van der Waals surface area contributed by atoms with E-state index >= 15 is 0 Å². The van der Waals surface area contributed by atoms with E-state index in [1.54, 1.807) is 30.6 Å². The number of halogens is 7. The highest BCUT2D eigenvalue weighted by Gasteiger charge is 2.49. The predicted molar refractivity (Wildman–Crippen MR) is 327 cm³/mol. The van der Waals surface area contributed by atoms with E-state index in [4.69, 9.17) is 138 Å². The molecule has 0 radical (unpaired) electrons. The van der Waals surface area contributed by atoms with Crippen LogP contribution in [0.15, 0.2) is 65.5 Å². The predicted octanol–water partition coefficient (Wildman–Crippen LogP) is 8.61. The molecule has 8 aliphatic heterocycles. The van der Waals surface area contributed by atoms with E-state index in [0.29, 0.717) is 95.3 Å². The number of nitrogens with zero attached hydrogens (tertiary/aromatic N) is 6. The first-order valence-corrected chi connectivity index (χ1v) is 30.2. The van der Waals surface area contributed by atoms with Crippen molar-refractivity contribution < 1.29 is 67.6 Å². The fourth-order valence-electron chi connectivity index (χ4n) is 11.2. The molecule has 2 aromatic heterocycles. The quantitative estimate of drug-likeness (QED) is 0.0851. The minimum atomic E-state index is -1.74. The van der Waals surface area contributed by atoms with E-state index in [1.165, 1.54) is 6.07 Å². The summed E-state index contributed by atoms with van der Waals surface area (Å²) in [6.45, 7) is 9.16. The van der Waals surface area contributed by atoms with Crippen molar-refractivity contribution in [3.05, 3.63) is 107 Å². The van der Waals surface area contributed by atoms with Crippen LogP contribution in [0.25, 0.3) is 11.3 Å². The first kappa shape index (κ1) is 64.0. The summed E-state index contributed by atoms with van der Waals surface area (Å²) in [6, 6.07) is 14.1. The molecule has 0 unspecified atom stereocenters. The van der Waals surface area contributed by atoms with Gasteiger partial charge in [0.15, 0.2) is 57.6 Å². The third kappa shape index (κ3) is 13.6. The molecule has 4 atom stereocenters. The number of piperidine rings is 2. The van der Waals surface area contributed by atoms with Crippen LogP contribution in [0.5, 0.6) is 46.0 Å². The molecule has 0 saturated carbocycles. The van der Waals surface area contributed by atoms with Gasteiger partial charge in [-0.1, -0.05) is 81.7 Å². The van der Waals surface area contributed by atoms with Crippen molar-refractivity contribution in [2.75, 3.05) is 76.4 Å². The maximum atomic E-state index is 10.0. The Hall–Kier alpha value is -5.00. The Balaban J connectivity index is 0.000000129. The second-order valence-corrected chi connectivity index (χ2v) is 24.2. The minimum Gasteiger partial charge on any atom is -0.454 e. The summed E-state index contributed by atoms with van der Waals surface area (Å²) in [4.78, 5) is 22.3. The van der Waals surface area contributed by atoms with Crippen LogP contribution < -0.4 is 64.6 Å². The highest BCUT2D eigenvalue weighted by molar-refractivity contribution is 9.10. The third-order valence-corrected chi connectivity index (χ3v) is 18.8. The first-order chi connectivity index (χ1) is 41.3. The molecule has 460 valence electrons. The third-order valence-electron chi connectivity index (χ3n) is 16.1. The zero-order chi connectivity index (χ0) is 61.0. The van der Waals surface area contributed by atoms with Crippen molar-refractivity contribution in [2.45, 2.75) is 77.0 Å². The Morgan fingerprint density at radius 3 is 1.47 bits per heavy atom. The highest BCUT2D eigenvalue weighted by Crippen LogP contribution is 2.50. The largest absolute Gasteiger partial charge is 0.494 e. The molecule has 0 bridgehead atoms. The van der Waals surface area contributed by atoms with Gasteiger partial charge in [0.25, 0.3) is 0 Å². The van der Waals surface area contributed by atoms with Gasteiger partial charge in [0.05, 0.1) is 92.4 Å². The summed E-state index contributed by atoms with van der Waals surface area (Å²) in [5.74, 6) is 6.01. The number of aromatic nitrogens is 4. The van der Waals surface area contributed by atoms with Crippen molar-refractivity contribution >= 4 is 110 Å². The van der Waals surface area contributed by atoms with E-state index in [-0.39, 0.29) is 90.0 Å². The van der Waals surface area contributed by atoms with E-state index in [0.717, 1.165) is 75.8 Å². The zero-order valence-corrected chi connectivity index (χ0v) is 52.5. The normalized spacial score (nSPS) is 21.0. The Kier molecular flexibility index (Phi) is 20.7.